The van der Waals surface area contributed by atoms with Crippen LogP contribution in [0.4, 0.5) is 5.69 Å². The number of carboxylic acid groups (broad SMARTS) is 1. The SMILES string of the molecule is Cc1cc2c(cc1C)C(C(=O)Nc1cc(C(=O)O)cc(S(C)(=O)=O)c1)CO2. The molecule has 0 bridgehead atoms. The maximum atomic E-state index is 12.7. The molecule has 1 unspecified atom stereocenters. The number of hydrogen-bond acceptors (Lipinski definition) is 5. The second kappa shape index (κ2) is 6.70. The maximum absolute atomic E-state index is 12.7. The van der Waals surface area contributed by atoms with Crippen molar-refractivity contribution in [2.45, 2.75) is 24.7 Å². The highest BCUT2D eigenvalue weighted by Gasteiger charge is 2.31. The highest BCUT2D eigenvalue weighted by atomic mass is 32.2. The molecule has 7 nitrogen and oxygen atoms in total. The standard InChI is InChI=1S/C19H19NO6S/c1-10-4-15-16(9-26-17(15)5-11(10)2)18(21)20-13-6-12(19(22)23)7-14(8-13)27(3,24)25/h4-8,16H,9H2,1-3H3,(H,20,21)(H,22,23). The van der Waals surface area contributed by atoms with Crippen LogP contribution in [0.2, 0.25) is 0 Å². The molecule has 0 aliphatic carbocycles. The Morgan fingerprint density at radius 1 is 1.11 bits per heavy atom. The Balaban J connectivity index is 1.93. The lowest BCUT2D eigenvalue weighted by Crippen LogP contribution is -2.22. The average molecular weight is 389 g/mol. The van der Waals surface area contributed by atoms with Crippen LogP contribution in [0.1, 0.15) is 33.0 Å². The van der Waals surface area contributed by atoms with Gasteiger partial charge in [0.05, 0.1) is 10.5 Å². The Kier molecular flexibility index (Phi) is 4.69. The van der Waals surface area contributed by atoms with Crippen LogP contribution in [-0.4, -0.2) is 38.3 Å². The molecule has 27 heavy (non-hydrogen) atoms. The summed E-state index contributed by atoms with van der Waals surface area (Å²) in [4.78, 5) is 23.8. The van der Waals surface area contributed by atoms with Gasteiger partial charge in [-0.2, -0.15) is 0 Å². The highest BCUT2D eigenvalue weighted by molar-refractivity contribution is 7.90. The van der Waals surface area contributed by atoms with Crippen molar-refractivity contribution in [3.05, 3.63) is 52.6 Å². The van der Waals surface area contributed by atoms with Crippen molar-refractivity contribution in [3.8, 4) is 5.75 Å². The molecule has 1 atom stereocenters. The van der Waals surface area contributed by atoms with Gasteiger partial charge in [-0.3, -0.25) is 4.79 Å². The summed E-state index contributed by atoms with van der Waals surface area (Å²) in [5.41, 5.74) is 2.74. The third-order valence-electron chi connectivity index (χ3n) is 4.57. The molecule has 3 rings (SSSR count). The Bertz CT molecular complexity index is 1060. The van der Waals surface area contributed by atoms with Gasteiger partial charge in [0, 0.05) is 17.5 Å². The van der Waals surface area contributed by atoms with Crippen LogP contribution in [0, 0.1) is 13.8 Å². The Morgan fingerprint density at radius 3 is 2.41 bits per heavy atom. The number of sulfone groups is 1. The molecule has 142 valence electrons. The van der Waals surface area contributed by atoms with E-state index in [1.54, 1.807) is 0 Å². The number of amides is 1. The van der Waals surface area contributed by atoms with E-state index in [1.165, 1.54) is 12.1 Å². The van der Waals surface area contributed by atoms with Crippen molar-refractivity contribution < 1.29 is 27.9 Å². The van der Waals surface area contributed by atoms with E-state index in [0.717, 1.165) is 29.0 Å². The Hall–Kier alpha value is -2.87. The number of aryl methyl sites for hydroxylation is 2. The lowest BCUT2D eigenvalue weighted by atomic mass is 9.96. The minimum absolute atomic E-state index is 0.109. The summed E-state index contributed by atoms with van der Waals surface area (Å²) in [5.74, 6) is -1.58. The smallest absolute Gasteiger partial charge is 0.335 e. The lowest BCUT2D eigenvalue weighted by Gasteiger charge is -2.13. The molecular weight excluding hydrogens is 370 g/mol. The van der Waals surface area contributed by atoms with Gasteiger partial charge in [-0.15, -0.1) is 0 Å². The summed E-state index contributed by atoms with van der Waals surface area (Å²) in [5, 5.41) is 11.8. The third-order valence-corrected chi connectivity index (χ3v) is 5.66. The normalized spacial score (nSPS) is 15.7. The molecule has 8 heteroatoms. The summed E-state index contributed by atoms with van der Waals surface area (Å²) in [6.45, 7) is 4.07. The number of carbonyl (C=O) groups is 2. The molecule has 0 saturated carbocycles. The van der Waals surface area contributed by atoms with Crippen molar-refractivity contribution in [2.75, 3.05) is 18.2 Å². The van der Waals surface area contributed by atoms with Gasteiger partial charge in [-0.1, -0.05) is 6.07 Å². The molecule has 0 fully saturated rings. The minimum atomic E-state index is -3.63. The summed E-state index contributed by atoms with van der Waals surface area (Å²) < 4.78 is 29.2. The summed E-state index contributed by atoms with van der Waals surface area (Å²) >= 11 is 0. The number of fused-ring (bicyclic) bond motifs is 1. The fourth-order valence-corrected chi connectivity index (χ4v) is 3.61. The van der Waals surface area contributed by atoms with Crippen LogP contribution in [0.3, 0.4) is 0 Å². The van der Waals surface area contributed by atoms with Crippen LogP contribution < -0.4 is 10.1 Å². The number of anilines is 1. The number of aromatic carboxylic acids is 1. The van der Waals surface area contributed by atoms with Crippen molar-refractivity contribution in [3.63, 3.8) is 0 Å². The summed E-state index contributed by atoms with van der Waals surface area (Å²) in [6, 6.07) is 7.32. The van der Waals surface area contributed by atoms with E-state index >= 15 is 0 Å². The number of nitrogens with one attached hydrogen (secondary N) is 1. The molecule has 0 saturated heterocycles. The summed E-state index contributed by atoms with van der Waals surface area (Å²) in [7, 11) is -3.63. The van der Waals surface area contributed by atoms with Gasteiger partial charge in [-0.25, -0.2) is 13.2 Å². The van der Waals surface area contributed by atoms with Crippen LogP contribution in [0.25, 0.3) is 0 Å². The minimum Gasteiger partial charge on any atom is -0.492 e. The number of rotatable bonds is 4. The monoisotopic (exact) mass is 389 g/mol. The van der Waals surface area contributed by atoms with E-state index in [9.17, 15) is 23.1 Å². The van der Waals surface area contributed by atoms with Gasteiger partial charge in [0.2, 0.25) is 5.91 Å². The molecule has 1 amide bonds. The molecule has 0 spiro atoms. The van der Waals surface area contributed by atoms with Gasteiger partial charge in [0.25, 0.3) is 0 Å². The predicted molar refractivity (Wildman–Crippen MR) is 99.3 cm³/mol. The number of hydrogen-bond donors (Lipinski definition) is 2. The Labute approximate surface area is 156 Å². The van der Waals surface area contributed by atoms with E-state index in [1.807, 2.05) is 26.0 Å². The average Bonchev–Trinajstić information content (AvgIpc) is 2.96. The first kappa shape index (κ1) is 18.9. The molecule has 0 radical (unpaired) electrons. The van der Waals surface area contributed by atoms with E-state index in [4.69, 9.17) is 4.74 Å². The van der Waals surface area contributed by atoms with Crippen molar-refractivity contribution >= 4 is 27.4 Å². The lowest BCUT2D eigenvalue weighted by molar-refractivity contribution is -0.117. The van der Waals surface area contributed by atoms with Crippen LogP contribution in [0.15, 0.2) is 35.2 Å². The molecule has 1 aliphatic heterocycles. The zero-order chi connectivity index (χ0) is 19.9. The van der Waals surface area contributed by atoms with E-state index in [0.29, 0.717) is 5.75 Å². The maximum Gasteiger partial charge on any atom is 0.335 e. The third kappa shape index (κ3) is 3.80. The topological polar surface area (TPSA) is 110 Å². The van der Waals surface area contributed by atoms with Crippen molar-refractivity contribution in [1.82, 2.24) is 0 Å². The number of ether oxygens (including phenoxy) is 1. The molecule has 2 aromatic rings. The van der Waals surface area contributed by atoms with Gasteiger partial charge >= 0.3 is 5.97 Å². The molecule has 2 aromatic carbocycles. The quantitative estimate of drug-likeness (QED) is 0.831. The molecule has 1 aliphatic rings. The second-order valence-corrected chi connectivity index (χ2v) is 8.67. The number of benzene rings is 2. The van der Waals surface area contributed by atoms with Gasteiger partial charge in [-0.05, 0) is 49.2 Å². The summed E-state index contributed by atoms with van der Waals surface area (Å²) in [6.07, 6.45) is 0.978. The fraction of sp³-hybridized carbons (Fsp3) is 0.263. The van der Waals surface area contributed by atoms with E-state index in [-0.39, 0.29) is 28.7 Å². The first-order valence-electron chi connectivity index (χ1n) is 8.19. The fourth-order valence-electron chi connectivity index (χ4n) is 2.93. The first-order chi connectivity index (χ1) is 12.6. The second-order valence-electron chi connectivity index (χ2n) is 6.65. The van der Waals surface area contributed by atoms with Gasteiger partial charge < -0.3 is 15.2 Å². The van der Waals surface area contributed by atoms with Crippen LogP contribution >= 0.6 is 0 Å². The largest absolute Gasteiger partial charge is 0.492 e. The number of carbonyl (C=O) groups excluding carboxylic acids is 1. The highest BCUT2D eigenvalue weighted by Crippen LogP contribution is 2.36. The van der Waals surface area contributed by atoms with Crippen LogP contribution in [0.5, 0.6) is 5.75 Å². The first-order valence-corrected chi connectivity index (χ1v) is 10.1. The molecular formula is C19H19NO6S. The van der Waals surface area contributed by atoms with E-state index < -0.39 is 21.7 Å². The van der Waals surface area contributed by atoms with Crippen molar-refractivity contribution in [2.24, 2.45) is 0 Å². The van der Waals surface area contributed by atoms with Gasteiger partial charge in [0.1, 0.15) is 18.3 Å². The number of carboxylic acids is 1. The van der Waals surface area contributed by atoms with Crippen LogP contribution in [-0.2, 0) is 14.6 Å². The van der Waals surface area contributed by atoms with Gasteiger partial charge in [0.15, 0.2) is 9.84 Å². The zero-order valence-corrected chi connectivity index (χ0v) is 15.9. The van der Waals surface area contributed by atoms with Crippen molar-refractivity contribution in [1.29, 1.82) is 0 Å². The Morgan fingerprint density at radius 2 is 1.78 bits per heavy atom. The predicted octanol–water partition coefficient (Wildman–Crippen LogP) is 2.52. The zero-order valence-electron chi connectivity index (χ0n) is 15.1. The molecule has 2 N–H and O–H groups in total. The molecule has 1 heterocycles. The van der Waals surface area contributed by atoms with E-state index in [2.05, 4.69) is 5.32 Å². The molecule has 0 aromatic heterocycles.